The van der Waals surface area contributed by atoms with Crippen LogP contribution in [0.3, 0.4) is 0 Å². The summed E-state index contributed by atoms with van der Waals surface area (Å²) in [6.07, 6.45) is 2.20. The third-order valence-corrected chi connectivity index (χ3v) is 4.29. The second-order valence-electron chi connectivity index (χ2n) is 5.49. The number of carbonyl (C=O) groups is 1. The van der Waals surface area contributed by atoms with E-state index in [1.807, 2.05) is 31.2 Å². The molecule has 1 heterocycles. The number of nitrogens with one attached hydrogen (secondary N) is 2. The van der Waals surface area contributed by atoms with Gasteiger partial charge in [-0.05, 0) is 44.9 Å². The molecule has 1 aliphatic carbocycles. The smallest absolute Gasteiger partial charge is 0.251 e. The number of benzene rings is 1. The molecule has 0 bridgehead atoms. The third kappa shape index (κ3) is 3.61. The van der Waals surface area contributed by atoms with Crippen molar-refractivity contribution < 1.29 is 4.79 Å². The highest BCUT2D eigenvalue weighted by molar-refractivity contribution is 7.09. The molecule has 1 amide bonds. The van der Waals surface area contributed by atoms with Crippen molar-refractivity contribution in [2.24, 2.45) is 0 Å². The number of aromatic nitrogens is 1. The molecule has 5 heteroatoms. The molecule has 2 aromatic rings. The molecule has 1 saturated carbocycles. The third-order valence-electron chi connectivity index (χ3n) is 3.50. The van der Waals surface area contributed by atoms with E-state index >= 15 is 0 Å². The van der Waals surface area contributed by atoms with E-state index < -0.39 is 0 Å². The molecule has 0 spiro atoms. The first-order valence-corrected chi connectivity index (χ1v) is 8.09. The van der Waals surface area contributed by atoms with Crippen molar-refractivity contribution in [2.45, 2.75) is 38.8 Å². The van der Waals surface area contributed by atoms with Crippen LogP contribution in [0.4, 0.5) is 5.69 Å². The van der Waals surface area contributed by atoms with E-state index in [-0.39, 0.29) is 11.9 Å². The highest BCUT2D eigenvalue weighted by Gasteiger charge is 2.23. The zero-order valence-electron chi connectivity index (χ0n) is 12.2. The Morgan fingerprint density at radius 1 is 1.43 bits per heavy atom. The predicted molar refractivity (Wildman–Crippen MR) is 85.8 cm³/mol. The average Bonchev–Trinajstić information content (AvgIpc) is 3.17. The van der Waals surface area contributed by atoms with Crippen molar-refractivity contribution in [3.8, 4) is 0 Å². The summed E-state index contributed by atoms with van der Waals surface area (Å²) in [5.41, 5.74) is 2.68. The molecule has 4 nitrogen and oxygen atoms in total. The van der Waals surface area contributed by atoms with Gasteiger partial charge in [-0.2, -0.15) is 0 Å². The summed E-state index contributed by atoms with van der Waals surface area (Å²) in [5.74, 6) is 0.0123. The van der Waals surface area contributed by atoms with Crippen LogP contribution in [0.5, 0.6) is 0 Å². The molecule has 1 fully saturated rings. The van der Waals surface area contributed by atoms with Crippen LogP contribution in [0.15, 0.2) is 29.6 Å². The van der Waals surface area contributed by atoms with Gasteiger partial charge >= 0.3 is 0 Å². The van der Waals surface area contributed by atoms with Gasteiger partial charge in [0.2, 0.25) is 0 Å². The van der Waals surface area contributed by atoms with E-state index in [9.17, 15) is 4.79 Å². The Morgan fingerprint density at radius 3 is 2.90 bits per heavy atom. The zero-order valence-corrected chi connectivity index (χ0v) is 13.0. The number of thiazole rings is 1. The van der Waals surface area contributed by atoms with Crippen molar-refractivity contribution >= 4 is 22.9 Å². The van der Waals surface area contributed by atoms with Crippen LogP contribution in [0.25, 0.3) is 0 Å². The summed E-state index contributed by atoms with van der Waals surface area (Å²) in [6.45, 7) is 4.08. The van der Waals surface area contributed by atoms with Gasteiger partial charge in [0, 0.05) is 22.7 Å². The first-order valence-electron chi connectivity index (χ1n) is 7.21. The van der Waals surface area contributed by atoms with E-state index in [1.165, 1.54) is 0 Å². The van der Waals surface area contributed by atoms with Gasteiger partial charge < -0.3 is 10.6 Å². The van der Waals surface area contributed by atoms with Gasteiger partial charge in [0.1, 0.15) is 0 Å². The Morgan fingerprint density at radius 2 is 2.24 bits per heavy atom. The maximum absolute atomic E-state index is 12.1. The number of anilines is 1. The topological polar surface area (TPSA) is 54.0 Å². The molecule has 0 aliphatic heterocycles. The first-order chi connectivity index (χ1) is 10.1. The van der Waals surface area contributed by atoms with Crippen molar-refractivity contribution in [1.29, 1.82) is 0 Å². The molecular formula is C16H19N3OS. The van der Waals surface area contributed by atoms with E-state index in [2.05, 4.69) is 27.9 Å². The fourth-order valence-corrected chi connectivity index (χ4v) is 2.86. The van der Waals surface area contributed by atoms with Gasteiger partial charge in [0.25, 0.3) is 5.91 Å². The Kier molecular flexibility index (Phi) is 3.92. The van der Waals surface area contributed by atoms with Crippen molar-refractivity contribution in [1.82, 2.24) is 10.3 Å². The van der Waals surface area contributed by atoms with Gasteiger partial charge in [-0.25, -0.2) is 4.98 Å². The van der Waals surface area contributed by atoms with Gasteiger partial charge in [0.15, 0.2) is 0 Å². The predicted octanol–water partition coefficient (Wildman–Crippen LogP) is 3.52. The van der Waals surface area contributed by atoms with Crippen LogP contribution in [-0.4, -0.2) is 16.9 Å². The summed E-state index contributed by atoms with van der Waals surface area (Å²) >= 11 is 1.65. The van der Waals surface area contributed by atoms with Crippen LogP contribution in [0, 0.1) is 6.92 Å². The number of hydrogen-bond acceptors (Lipinski definition) is 4. The van der Waals surface area contributed by atoms with Crippen LogP contribution in [0.1, 0.15) is 46.9 Å². The molecule has 0 saturated heterocycles. The Hall–Kier alpha value is -1.88. The molecule has 1 aliphatic rings. The minimum absolute atomic E-state index is 0.0123. The Bertz CT molecular complexity index is 648. The van der Waals surface area contributed by atoms with Crippen LogP contribution in [-0.2, 0) is 0 Å². The number of nitrogens with zero attached hydrogens (tertiary/aromatic N) is 1. The van der Waals surface area contributed by atoms with Crippen LogP contribution >= 0.6 is 11.3 Å². The first kappa shape index (κ1) is 14.1. The molecule has 1 atom stereocenters. The maximum atomic E-state index is 12.1. The van der Waals surface area contributed by atoms with E-state index in [0.717, 1.165) is 29.2 Å². The SMILES string of the molecule is Cc1nc(C(C)Nc2cccc(C(=O)NC3CC3)c2)cs1. The fourth-order valence-electron chi connectivity index (χ4n) is 2.15. The lowest BCUT2D eigenvalue weighted by Crippen LogP contribution is -2.25. The lowest BCUT2D eigenvalue weighted by Gasteiger charge is -2.14. The fraction of sp³-hybridized carbons (Fsp3) is 0.375. The summed E-state index contributed by atoms with van der Waals surface area (Å²) in [6, 6.07) is 8.13. The van der Waals surface area contributed by atoms with E-state index in [1.54, 1.807) is 11.3 Å². The molecule has 110 valence electrons. The number of rotatable bonds is 5. The Balaban J connectivity index is 1.68. The van der Waals surface area contributed by atoms with Crippen LogP contribution in [0.2, 0.25) is 0 Å². The molecule has 3 rings (SSSR count). The minimum atomic E-state index is 0.0123. The summed E-state index contributed by atoms with van der Waals surface area (Å²) in [5, 5.41) is 9.54. The van der Waals surface area contributed by atoms with Gasteiger partial charge in [0.05, 0.1) is 16.7 Å². The number of carbonyl (C=O) groups excluding carboxylic acids is 1. The zero-order chi connectivity index (χ0) is 14.8. The Labute approximate surface area is 128 Å². The lowest BCUT2D eigenvalue weighted by atomic mass is 10.1. The summed E-state index contributed by atoms with van der Waals surface area (Å²) in [4.78, 5) is 16.5. The lowest BCUT2D eigenvalue weighted by molar-refractivity contribution is 0.0951. The highest BCUT2D eigenvalue weighted by Crippen LogP contribution is 2.23. The molecular weight excluding hydrogens is 282 g/mol. The normalized spacial score (nSPS) is 15.5. The van der Waals surface area contributed by atoms with Gasteiger partial charge in [-0.15, -0.1) is 11.3 Å². The van der Waals surface area contributed by atoms with Crippen molar-refractivity contribution in [3.05, 3.63) is 45.9 Å². The monoisotopic (exact) mass is 301 g/mol. The van der Waals surface area contributed by atoms with E-state index in [4.69, 9.17) is 0 Å². The number of amides is 1. The molecule has 1 aromatic carbocycles. The highest BCUT2D eigenvalue weighted by atomic mass is 32.1. The van der Waals surface area contributed by atoms with Crippen LogP contribution < -0.4 is 10.6 Å². The summed E-state index contributed by atoms with van der Waals surface area (Å²) < 4.78 is 0. The quantitative estimate of drug-likeness (QED) is 0.888. The molecule has 0 radical (unpaired) electrons. The van der Waals surface area contributed by atoms with Gasteiger partial charge in [-0.3, -0.25) is 4.79 Å². The van der Waals surface area contributed by atoms with Crippen molar-refractivity contribution in [3.63, 3.8) is 0 Å². The standard InChI is InChI=1S/C16H19N3OS/c1-10(15-9-21-11(2)18-15)17-14-5-3-4-12(8-14)16(20)19-13-6-7-13/h3-5,8-10,13,17H,6-7H2,1-2H3,(H,19,20). The second-order valence-corrected chi connectivity index (χ2v) is 6.55. The average molecular weight is 301 g/mol. The largest absolute Gasteiger partial charge is 0.377 e. The minimum Gasteiger partial charge on any atom is -0.377 e. The van der Waals surface area contributed by atoms with Crippen molar-refractivity contribution in [2.75, 3.05) is 5.32 Å². The van der Waals surface area contributed by atoms with E-state index in [0.29, 0.717) is 11.6 Å². The molecule has 1 unspecified atom stereocenters. The second kappa shape index (κ2) is 5.85. The molecule has 1 aromatic heterocycles. The summed E-state index contributed by atoms with van der Waals surface area (Å²) in [7, 11) is 0. The number of aryl methyl sites for hydroxylation is 1. The number of hydrogen-bond donors (Lipinski definition) is 2. The molecule has 21 heavy (non-hydrogen) atoms. The maximum Gasteiger partial charge on any atom is 0.251 e. The van der Waals surface area contributed by atoms with Gasteiger partial charge in [-0.1, -0.05) is 6.07 Å². The molecule has 2 N–H and O–H groups in total.